The molecule has 0 bridgehead atoms. The second-order valence-corrected chi connectivity index (χ2v) is 2.65. The van der Waals surface area contributed by atoms with Gasteiger partial charge in [0.25, 0.3) is 0 Å². The van der Waals surface area contributed by atoms with Crippen molar-refractivity contribution in [3.63, 3.8) is 0 Å². The zero-order valence-electron chi connectivity index (χ0n) is 6.96. The summed E-state index contributed by atoms with van der Waals surface area (Å²) in [5.41, 5.74) is 0.877. The first-order chi connectivity index (χ1) is 6.40. The third kappa shape index (κ3) is 1.72. The summed E-state index contributed by atoms with van der Waals surface area (Å²) >= 11 is 0. The Morgan fingerprint density at radius 2 is 2.15 bits per heavy atom. The summed E-state index contributed by atoms with van der Waals surface area (Å²) in [6, 6.07) is 5.40. The fourth-order valence-electron chi connectivity index (χ4n) is 1.19. The molecule has 1 heterocycles. The lowest BCUT2D eigenvalue weighted by atomic mass is 10.2. The monoisotopic (exact) mass is 184 g/mol. The molecule has 1 aliphatic heterocycles. The van der Waals surface area contributed by atoms with E-state index < -0.39 is 6.86 Å². The molecule has 70 valence electrons. The Kier molecular flexibility index (Phi) is 2.31. The van der Waals surface area contributed by atoms with E-state index in [9.17, 15) is 4.39 Å². The molecule has 1 aromatic rings. The Labute approximate surface area is 75.0 Å². The van der Waals surface area contributed by atoms with Crippen LogP contribution >= 0.6 is 0 Å². The fraction of sp³-hybridized carbons (Fsp3) is 0.333. The summed E-state index contributed by atoms with van der Waals surface area (Å²) in [6.45, 7) is -0.260. The molecule has 2 rings (SSSR count). The van der Waals surface area contributed by atoms with Crippen LogP contribution in [0.4, 0.5) is 4.39 Å². The van der Waals surface area contributed by atoms with Gasteiger partial charge in [0.15, 0.2) is 18.4 Å². The molecule has 0 saturated heterocycles. The van der Waals surface area contributed by atoms with Gasteiger partial charge in [-0.05, 0) is 17.7 Å². The molecule has 0 N–H and O–H groups in total. The molecular formula is C9H9FO3. The van der Waals surface area contributed by atoms with Crippen LogP contribution in [-0.4, -0.2) is 13.7 Å². The molecule has 13 heavy (non-hydrogen) atoms. The lowest BCUT2D eigenvalue weighted by molar-refractivity contribution is 0.0461. The average Bonchev–Trinajstić information content (AvgIpc) is 2.61. The zero-order chi connectivity index (χ0) is 9.10. The topological polar surface area (TPSA) is 27.7 Å². The van der Waals surface area contributed by atoms with Gasteiger partial charge < -0.3 is 14.2 Å². The van der Waals surface area contributed by atoms with Crippen LogP contribution in [0.15, 0.2) is 18.2 Å². The number of ether oxygens (including phenoxy) is 3. The van der Waals surface area contributed by atoms with Gasteiger partial charge in [-0.25, -0.2) is 4.39 Å². The van der Waals surface area contributed by atoms with Crippen molar-refractivity contribution in [2.75, 3.05) is 13.7 Å². The molecule has 4 heteroatoms. The third-order valence-corrected chi connectivity index (χ3v) is 1.78. The highest BCUT2D eigenvalue weighted by molar-refractivity contribution is 5.44. The predicted octanol–water partition coefficient (Wildman–Crippen LogP) is 1.86. The smallest absolute Gasteiger partial charge is 0.231 e. The van der Waals surface area contributed by atoms with E-state index in [2.05, 4.69) is 4.74 Å². The molecule has 0 amide bonds. The summed E-state index contributed by atoms with van der Waals surface area (Å²) in [7, 11) is 0. The van der Waals surface area contributed by atoms with E-state index in [-0.39, 0.29) is 13.4 Å². The fourth-order valence-corrected chi connectivity index (χ4v) is 1.19. The summed E-state index contributed by atoms with van der Waals surface area (Å²) in [6.07, 6.45) is 0. The molecule has 0 aliphatic carbocycles. The Bertz CT molecular complexity index is 301. The molecule has 1 aliphatic rings. The van der Waals surface area contributed by atoms with E-state index in [1.54, 1.807) is 12.1 Å². The minimum atomic E-state index is -0.769. The second-order valence-electron chi connectivity index (χ2n) is 2.65. The number of benzene rings is 1. The molecular weight excluding hydrogens is 175 g/mol. The quantitative estimate of drug-likeness (QED) is 0.717. The number of rotatable bonds is 3. The van der Waals surface area contributed by atoms with E-state index in [1.165, 1.54) is 0 Å². The van der Waals surface area contributed by atoms with Crippen molar-refractivity contribution in [3.05, 3.63) is 23.8 Å². The van der Waals surface area contributed by atoms with Crippen molar-refractivity contribution in [2.45, 2.75) is 6.61 Å². The number of hydrogen-bond acceptors (Lipinski definition) is 3. The first-order valence-electron chi connectivity index (χ1n) is 3.92. The first-order valence-corrected chi connectivity index (χ1v) is 3.92. The van der Waals surface area contributed by atoms with Crippen molar-refractivity contribution in [2.24, 2.45) is 0 Å². The Hall–Kier alpha value is -1.29. The van der Waals surface area contributed by atoms with E-state index >= 15 is 0 Å². The second kappa shape index (κ2) is 3.62. The maximum absolute atomic E-state index is 11.7. The number of hydrogen-bond donors (Lipinski definition) is 0. The van der Waals surface area contributed by atoms with Crippen molar-refractivity contribution in [1.29, 1.82) is 0 Å². The lowest BCUT2D eigenvalue weighted by Crippen LogP contribution is -1.93. The van der Waals surface area contributed by atoms with Crippen LogP contribution in [0.3, 0.4) is 0 Å². The predicted molar refractivity (Wildman–Crippen MR) is 43.3 cm³/mol. The van der Waals surface area contributed by atoms with E-state index in [0.717, 1.165) is 11.3 Å². The Morgan fingerprint density at radius 3 is 3.00 bits per heavy atom. The highest BCUT2D eigenvalue weighted by Gasteiger charge is 2.12. The Balaban J connectivity index is 2.12. The largest absolute Gasteiger partial charge is 0.454 e. The molecule has 1 aromatic carbocycles. The maximum atomic E-state index is 11.7. The minimum absolute atomic E-state index is 0.253. The Morgan fingerprint density at radius 1 is 1.31 bits per heavy atom. The maximum Gasteiger partial charge on any atom is 0.231 e. The minimum Gasteiger partial charge on any atom is -0.454 e. The number of alkyl halides is 1. The van der Waals surface area contributed by atoms with Crippen LogP contribution in [0.5, 0.6) is 11.5 Å². The van der Waals surface area contributed by atoms with E-state index in [0.29, 0.717) is 5.75 Å². The van der Waals surface area contributed by atoms with Crippen LogP contribution in [0.2, 0.25) is 0 Å². The van der Waals surface area contributed by atoms with Crippen LogP contribution in [0, 0.1) is 0 Å². The van der Waals surface area contributed by atoms with Gasteiger partial charge in [-0.3, -0.25) is 0 Å². The highest BCUT2D eigenvalue weighted by atomic mass is 19.1. The summed E-state index contributed by atoms with van der Waals surface area (Å²) in [5, 5.41) is 0. The van der Waals surface area contributed by atoms with Gasteiger partial charge in [0, 0.05) is 0 Å². The molecule has 0 spiro atoms. The average molecular weight is 184 g/mol. The molecule has 0 aromatic heterocycles. The molecule has 0 saturated carbocycles. The van der Waals surface area contributed by atoms with Gasteiger partial charge in [-0.2, -0.15) is 0 Å². The van der Waals surface area contributed by atoms with Crippen molar-refractivity contribution >= 4 is 0 Å². The first kappa shape index (κ1) is 8.31. The zero-order valence-corrected chi connectivity index (χ0v) is 6.96. The van der Waals surface area contributed by atoms with Crippen LogP contribution in [-0.2, 0) is 11.3 Å². The molecule has 0 unspecified atom stereocenters. The summed E-state index contributed by atoms with van der Waals surface area (Å²) in [4.78, 5) is 0. The van der Waals surface area contributed by atoms with Crippen molar-refractivity contribution in [1.82, 2.24) is 0 Å². The summed E-state index contributed by atoms with van der Waals surface area (Å²) in [5.74, 6) is 1.42. The van der Waals surface area contributed by atoms with Gasteiger partial charge in [0.05, 0.1) is 6.61 Å². The van der Waals surface area contributed by atoms with E-state index in [1.807, 2.05) is 6.07 Å². The van der Waals surface area contributed by atoms with Gasteiger partial charge in [-0.1, -0.05) is 6.07 Å². The van der Waals surface area contributed by atoms with Gasteiger partial charge in [0.2, 0.25) is 6.79 Å². The SMILES string of the molecule is FCOCc1ccc2c(c1)OCO2. The third-order valence-electron chi connectivity index (χ3n) is 1.78. The van der Waals surface area contributed by atoms with Crippen molar-refractivity contribution in [3.8, 4) is 11.5 Å². The van der Waals surface area contributed by atoms with Gasteiger partial charge in [-0.15, -0.1) is 0 Å². The normalized spacial score (nSPS) is 13.3. The molecule has 0 radical (unpaired) electrons. The molecule has 0 atom stereocenters. The van der Waals surface area contributed by atoms with Gasteiger partial charge >= 0.3 is 0 Å². The van der Waals surface area contributed by atoms with Crippen molar-refractivity contribution < 1.29 is 18.6 Å². The lowest BCUT2D eigenvalue weighted by Gasteiger charge is -2.01. The number of fused-ring (bicyclic) bond motifs is 1. The van der Waals surface area contributed by atoms with Gasteiger partial charge in [0.1, 0.15) is 0 Å². The standard InChI is InChI=1S/C9H9FO3/c10-5-11-4-7-1-2-8-9(3-7)13-6-12-8/h1-3H,4-6H2. The van der Waals surface area contributed by atoms with E-state index in [4.69, 9.17) is 9.47 Å². The van der Waals surface area contributed by atoms with Crippen LogP contribution in [0.1, 0.15) is 5.56 Å². The number of halogens is 1. The highest BCUT2D eigenvalue weighted by Crippen LogP contribution is 2.32. The summed E-state index contributed by atoms with van der Waals surface area (Å²) < 4.78 is 26.6. The molecule has 0 fully saturated rings. The van der Waals surface area contributed by atoms with Crippen LogP contribution in [0.25, 0.3) is 0 Å². The van der Waals surface area contributed by atoms with Crippen LogP contribution < -0.4 is 9.47 Å². The molecule has 3 nitrogen and oxygen atoms in total.